The molecule has 1 heterocycles. The van der Waals surface area contributed by atoms with Gasteiger partial charge >= 0.3 is 0 Å². The summed E-state index contributed by atoms with van der Waals surface area (Å²) in [6.07, 6.45) is 1.74. The zero-order valence-corrected chi connectivity index (χ0v) is 17.3. The van der Waals surface area contributed by atoms with Crippen LogP contribution < -0.4 is 5.14 Å². The van der Waals surface area contributed by atoms with Gasteiger partial charge in [0.25, 0.3) is 0 Å². The van der Waals surface area contributed by atoms with Crippen LogP contribution in [0.1, 0.15) is 32.3 Å². The molecule has 25 heavy (non-hydrogen) atoms. The maximum absolute atomic E-state index is 11.7. The number of nitrogens with two attached hydrogens (primary N) is 1. The van der Waals surface area contributed by atoms with Gasteiger partial charge in [-0.3, -0.25) is 4.99 Å². The minimum atomic E-state index is -3.97. The van der Waals surface area contributed by atoms with Gasteiger partial charge < -0.3 is 10.0 Å². The van der Waals surface area contributed by atoms with Gasteiger partial charge in [-0.1, -0.05) is 43.3 Å². The van der Waals surface area contributed by atoms with E-state index in [0.29, 0.717) is 24.4 Å². The summed E-state index contributed by atoms with van der Waals surface area (Å²) in [5.74, 6) is 0.362. The molecule has 142 valence electrons. The fourth-order valence-electron chi connectivity index (χ4n) is 2.53. The summed E-state index contributed by atoms with van der Waals surface area (Å²) in [5, 5.41) is 17.3. The molecule has 1 aromatic rings. The Morgan fingerprint density at radius 2 is 2.08 bits per heavy atom. The van der Waals surface area contributed by atoms with Crippen molar-refractivity contribution >= 4 is 51.0 Å². The van der Waals surface area contributed by atoms with E-state index in [9.17, 15) is 13.5 Å². The molecule has 3 N–H and O–H groups in total. The molecule has 1 unspecified atom stereocenters. The van der Waals surface area contributed by atoms with Gasteiger partial charge in [0.15, 0.2) is 10.9 Å². The van der Waals surface area contributed by atoms with Gasteiger partial charge in [0, 0.05) is 18.7 Å². The van der Waals surface area contributed by atoms with Crippen molar-refractivity contribution < 1.29 is 13.5 Å². The topological polar surface area (TPSA) is 96.0 Å². The van der Waals surface area contributed by atoms with E-state index in [1.165, 1.54) is 23.9 Å². The average molecular weight is 428 g/mol. The number of sulfonamides is 1. The van der Waals surface area contributed by atoms with Crippen LogP contribution in [0.4, 0.5) is 0 Å². The number of aliphatic imine (C=N–C) groups is 1. The van der Waals surface area contributed by atoms with Crippen molar-refractivity contribution in [3.8, 4) is 0 Å². The predicted molar refractivity (Wildman–Crippen MR) is 106 cm³/mol. The van der Waals surface area contributed by atoms with Crippen LogP contribution in [-0.2, 0) is 15.7 Å². The molecule has 1 aliphatic heterocycles. The molecule has 0 radical (unpaired) electrons. The number of thioether (sulfide) groups is 1. The highest BCUT2D eigenvalue weighted by Crippen LogP contribution is 2.40. The van der Waals surface area contributed by atoms with Crippen molar-refractivity contribution in [3.05, 3.63) is 28.8 Å². The van der Waals surface area contributed by atoms with Crippen molar-refractivity contribution in [2.45, 2.75) is 37.3 Å². The Kier molecular flexibility index (Phi) is 8.04. The number of halogens is 2. The van der Waals surface area contributed by atoms with E-state index in [1.54, 1.807) is 6.07 Å². The third-order valence-electron chi connectivity index (χ3n) is 3.70. The molecular formula is C15H23Cl2N3O3S2. The van der Waals surface area contributed by atoms with E-state index in [4.69, 9.17) is 16.7 Å². The maximum atomic E-state index is 11.7. The normalized spacial score (nSPS) is 22.3. The van der Waals surface area contributed by atoms with E-state index in [0.717, 1.165) is 18.0 Å². The van der Waals surface area contributed by atoms with Crippen molar-refractivity contribution in [2.24, 2.45) is 10.1 Å². The molecule has 0 bridgehead atoms. The minimum absolute atomic E-state index is 0. The van der Waals surface area contributed by atoms with Gasteiger partial charge in [-0.25, -0.2) is 13.6 Å². The van der Waals surface area contributed by atoms with Crippen molar-refractivity contribution in [2.75, 3.05) is 18.8 Å². The van der Waals surface area contributed by atoms with Crippen LogP contribution in [0.2, 0.25) is 5.02 Å². The Morgan fingerprint density at radius 1 is 1.40 bits per heavy atom. The van der Waals surface area contributed by atoms with Crippen molar-refractivity contribution in [1.29, 1.82) is 0 Å². The minimum Gasteiger partial charge on any atom is -0.366 e. The highest BCUT2D eigenvalue weighted by Gasteiger charge is 2.44. The van der Waals surface area contributed by atoms with Crippen LogP contribution in [0.3, 0.4) is 0 Å². The third kappa shape index (κ3) is 4.81. The lowest BCUT2D eigenvalue weighted by atomic mass is 10.0. The lowest BCUT2D eigenvalue weighted by Crippen LogP contribution is -2.45. The molecule has 1 aromatic carbocycles. The molecule has 2 rings (SSSR count). The summed E-state index contributed by atoms with van der Waals surface area (Å²) in [6.45, 7) is 5.34. The Bertz CT molecular complexity index is 744. The number of hydrogen-bond acceptors (Lipinski definition) is 5. The monoisotopic (exact) mass is 427 g/mol. The number of primary sulfonamides is 1. The summed E-state index contributed by atoms with van der Waals surface area (Å²) in [7, 11) is -3.97. The quantitative estimate of drug-likeness (QED) is 0.727. The maximum Gasteiger partial charge on any atom is 0.239 e. The van der Waals surface area contributed by atoms with Crippen LogP contribution in [0.15, 0.2) is 28.1 Å². The molecule has 0 spiro atoms. The first-order valence-corrected chi connectivity index (χ1v) is 10.6. The fourth-order valence-corrected chi connectivity index (χ4v) is 4.84. The SMILES string of the molecule is CCCN=C1SCC(O)(c2ccc(Cl)c(S(N)(=O)=O)c2)N1CCC.Cl. The van der Waals surface area contributed by atoms with E-state index in [-0.39, 0.29) is 22.3 Å². The molecule has 1 fully saturated rings. The summed E-state index contributed by atoms with van der Waals surface area (Å²) in [4.78, 5) is 6.17. The van der Waals surface area contributed by atoms with Crippen LogP contribution in [0.5, 0.6) is 0 Å². The van der Waals surface area contributed by atoms with Gasteiger partial charge in [-0.15, -0.1) is 12.4 Å². The van der Waals surface area contributed by atoms with Crippen molar-refractivity contribution in [1.82, 2.24) is 4.90 Å². The Labute approximate surface area is 164 Å². The molecule has 1 aliphatic rings. The fraction of sp³-hybridized carbons (Fsp3) is 0.533. The van der Waals surface area contributed by atoms with Crippen LogP contribution in [0.25, 0.3) is 0 Å². The second-order valence-corrected chi connectivity index (χ2v) is 8.49. The molecular weight excluding hydrogens is 405 g/mol. The molecule has 0 saturated carbocycles. The summed E-state index contributed by atoms with van der Waals surface area (Å²) in [5.41, 5.74) is -0.893. The zero-order chi connectivity index (χ0) is 18.0. The standard InChI is InChI=1S/C15H22ClN3O3S2.ClH/c1-3-7-18-14-19(8-4-2)15(20,10-23-14)11-5-6-12(16)13(9-11)24(17,21)22;/h5-6,9,20H,3-4,7-8,10H2,1-2H3,(H2,17,21,22);1H. The second kappa shape index (κ2) is 8.92. The Hall–Kier alpha value is -0.510. The van der Waals surface area contributed by atoms with Crippen molar-refractivity contribution in [3.63, 3.8) is 0 Å². The first-order chi connectivity index (χ1) is 11.2. The van der Waals surface area contributed by atoms with Crippen LogP contribution in [0, 0.1) is 0 Å². The molecule has 0 aliphatic carbocycles. The second-order valence-electron chi connectivity index (χ2n) is 5.61. The summed E-state index contributed by atoms with van der Waals surface area (Å²) in [6, 6.07) is 4.43. The number of aliphatic hydroxyl groups is 1. The molecule has 1 saturated heterocycles. The number of nitrogens with zero attached hydrogens (tertiary/aromatic N) is 2. The summed E-state index contributed by atoms with van der Waals surface area (Å²) < 4.78 is 23.4. The Morgan fingerprint density at radius 3 is 2.64 bits per heavy atom. The van der Waals surface area contributed by atoms with Crippen LogP contribution in [-0.4, -0.2) is 42.4 Å². The van der Waals surface area contributed by atoms with Gasteiger partial charge in [0.05, 0.1) is 10.8 Å². The van der Waals surface area contributed by atoms with Gasteiger partial charge in [0.1, 0.15) is 4.90 Å². The Balaban J connectivity index is 0.00000312. The smallest absolute Gasteiger partial charge is 0.239 e. The lowest BCUT2D eigenvalue weighted by molar-refractivity contribution is -0.0479. The predicted octanol–water partition coefficient (Wildman–Crippen LogP) is 2.78. The largest absolute Gasteiger partial charge is 0.366 e. The highest BCUT2D eigenvalue weighted by molar-refractivity contribution is 8.14. The van der Waals surface area contributed by atoms with Crippen LogP contribution >= 0.6 is 35.8 Å². The van der Waals surface area contributed by atoms with E-state index < -0.39 is 15.7 Å². The molecule has 10 heteroatoms. The van der Waals surface area contributed by atoms with E-state index in [2.05, 4.69) is 4.99 Å². The number of rotatable bonds is 6. The molecule has 6 nitrogen and oxygen atoms in total. The van der Waals surface area contributed by atoms with Gasteiger partial charge in [0.2, 0.25) is 10.0 Å². The highest BCUT2D eigenvalue weighted by atomic mass is 35.5. The molecule has 0 aromatic heterocycles. The average Bonchev–Trinajstić information content (AvgIpc) is 2.83. The van der Waals surface area contributed by atoms with Gasteiger partial charge in [-0.05, 0) is 25.0 Å². The summed E-state index contributed by atoms with van der Waals surface area (Å²) >= 11 is 7.41. The number of benzene rings is 1. The van der Waals surface area contributed by atoms with E-state index >= 15 is 0 Å². The van der Waals surface area contributed by atoms with E-state index in [1.807, 2.05) is 18.7 Å². The number of amidine groups is 1. The molecule has 0 amide bonds. The first kappa shape index (κ1) is 22.5. The third-order valence-corrected chi connectivity index (χ3v) is 6.24. The molecule has 1 atom stereocenters. The zero-order valence-electron chi connectivity index (χ0n) is 14.1. The first-order valence-electron chi connectivity index (χ1n) is 7.74. The number of hydrogen-bond donors (Lipinski definition) is 2. The van der Waals surface area contributed by atoms with Gasteiger partial charge in [-0.2, -0.15) is 0 Å². The lowest BCUT2D eigenvalue weighted by Gasteiger charge is -2.34.